The zero-order valence-corrected chi connectivity index (χ0v) is 12.1. The van der Waals surface area contributed by atoms with Gasteiger partial charge in [0.05, 0.1) is 11.2 Å². The molecule has 1 fully saturated rings. The predicted octanol–water partition coefficient (Wildman–Crippen LogP) is 1.50. The van der Waals surface area contributed by atoms with Gasteiger partial charge in [-0.1, -0.05) is 18.2 Å². The molecule has 0 aromatic heterocycles. The third-order valence-corrected chi connectivity index (χ3v) is 5.42. The molecule has 0 amide bonds. The van der Waals surface area contributed by atoms with Crippen LogP contribution in [0, 0.1) is 5.92 Å². The average Bonchev–Trinajstić information content (AvgIpc) is 2.91. The summed E-state index contributed by atoms with van der Waals surface area (Å²) in [5.41, 5.74) is -0.333. The first-order valence-corrected chi connectivity index (χ1v) is 7.45. The second-order valence-electron chi connectivity index (χ2n) is 6.26. The van der Waals surface area contributed by atoms with E-state index in [1.807, 2.05) is 0 Å². The first-order chi connectivity index (χ1) is 14.0. The minimum Gasteiger partial charge on any atom is -0.493 e. The first kappa shape index (κ1) is 7.37. The number of hydrogen-bond acceptors (Lipinski definition) is 4. The van der Waals surface area contributed by atoms with Crippen LogP contribution >= 0.6 is 0 Å². The monoisotopic (exact) mass is 307 g/mol. The van der Waals surface area contributed by atoms with Crippen molar-refractivity contribution in [2.24, 2.45) is 5.92 Å². The van der Waals surface area contributed by atoms with Crippen molar-refractivity contribution in [1.29, 1.82) is 1.43 Å². The third kappa shape index (κ3) is 1.28. The fourth-order valence-electron chi connectivity index (χ4n) is 4.54. The lowest BCUT2D eigenvalue weighted by Crippen LogP contribution is -2.64. The smallest absolute Gasteiger partial charge is 0.211 e. The molecule has 1 aromatic carbocycles. The molecule has 1 spiro atoms. The van der Waals surface area contributed by atoms with Gasteiger partial charge in [-0.3, -0.25) is 0 Å². The van der Waals surface area contributed by atoms with Crippen LogP contribution in [0.4, 0.5) is 0 Å². The molecule has 2 aliphatic heterocycles. The van der Waals surface area contributed by atoms with E-state index < -0.39 is 36.5 Å². The van der Waals surface area contributed by atoms with Crippen LogP contribution < -0.4 is 9.47 Å². The van der Waals surface area contributed by atoms with E-state index in [1.54, 1.807) is 6.08 Å². The SMILES string of the molecule is [2H]OC1C=C[C@H]2[C@@]3([2H])Cc4c([2H])c([2H])c(OC)c5c4[C@@]2(CCN3C([2H])([2H])[2H])C1([2H])O5. The highest BCUT2D eigenvalue weighted by atomic mass is 16.5. The molecule has 4 nitrogen and oxygen atoms in total. The van der Waals surface area contributed by atoms with Gasteiger partial charge < -0.3 is 19.5 Å². The van der Waals surface area contributed by atoms with Gasteiger partial charge in [-0.15, -0.1) is 0 Å². The van der Waals surface area contributed by atoms with Gasteiger partial charge in [0, 0.05) is 28.4 Å². The maximum atomic E-state index is 9.31. The van der Waals surface area contributed by atoms with Gasteiger partial charge in [0.15, 0.2) is 11.5 Å². The highest BCUT2D eigenvalue weighted by Gasteiger charge is 2.64. The first-order valence-electron chi connectivity index (χ1n) is 11.4. The van der Waals surface area contributed by atoms with Gasteiger partial charge in [0.25, 0.3) is 0 Å². The Hall–Kier alpha value is -1.52. The quantitative estimate of drug-likeness (QED) is 0.841. The van der Waals surface area contributed by atoms with Crippen LogP contribution in [0.15, 0.2) is 24.2 Å². The Balaban J connectivity index is 1.89. The van der Waals surface area contributed by atoms with Crippen molar-refractivity contribution in [3.05, 3.63) is 35.4 Å². The van der Waals surface area contributed by atoms with Gasteiger partial charge >= 0.3 is 0 Å². The van der Waals surface area contributed by atoms with E-state index in [0.29, 0.717) is 11.1 Å². The van der Waals surface area contributed by atoms with E-state index in [2.05, 4.69) is 0 Å². The number of aliphatic hydroxyl groups excluding tert-OH is 1. The van der Waals surface area contributed by atoms with Crippen LogP contribution in [0.1, 0.15) is 27.1 Å². The van der Waals surface area contributed by atoms with Crippen molar-refractivity contribution in [3.8, 4) is 11.5 Å². The Morgan fingerprint density at radius 2 is 2.55 bits per heavy atom. The lowest BCUT2D eigenvalue weighted by Gasteiger charge is -2.56. The van der Waals surface area contributed by atoms with Gasteiger partial charge in [0.1, 0.15) is 12.2 Å². The lowest BCUT2D eigenvalue weighted by atomic mass is 9.53. The Labute approximate surface area is 141 Å². The molecule has 1 aromatic rings. The largest absolute Gasteiger partial charge is 0.493 e. The maximum absolute atomic E-state index is 9.31. The van der Waals surface area contributed by atoms with E-state index in [1.165, 1.54) is 13.2 Å². The Bertz CT molecular complexity index is 983. The number of nitrogens with zero attached hydrogens (tertiary/aromatic N) is 1. The summed E-state index contributed by atoms with van der Waals surface area (Å²) in [5, 5.41) is 4.83. The fraction of sp³-hybridized carbons (Fsp3) is 0.556. The second-order valence-corrected chi connectivity index (χ2v) is 6.26. The minimum absolute atomic E-state index is 0.0240. The van der Waals surface area contributed by atoms with Crippen molar-refractivity contribution < 1.29 is 24.2 Å². The van der Waals surface area contributed by atoms with Gasteiger partial charge in [-0.05, 0) is 38.0 Å². The molecule has 2 heterocycles. The molecule has 2 aliphatic carbocycles. The van der Waals surface area contributed by atoms with Crippen LogP contribution in [0.3, 0.4) is 0 Å². The number of likely N-dealkylation sites (N-methyl/N-ethyl adjacent to an activating group) is 1. The van der Waals surface area contributed by atoms with Crippen molar-refractivity contribution in [2.45, 2.75) is 36.5 Å². The summed E-state index contributed by atoms with van der Waals surface area (Å²) in [4.78, 5) is 1.15. The molecule has 4 aliphatic rings. The molecule has 1 saturated heterocycles. The summed E-state index contributed by atoms with van der Waals surface area (Å²) >= 11 is 0. The Kier molecular flexibility index (Phi) is 1.36. The number of aliphatic hydroxyl groups is 1. The molecule has 4 heteroatoms. The van der Waals surface area contributed by atoms with E-state index in [0.717, 1.165) is 4.90 Å². The Morgan fingerprint density at radius 1 is 1.59 bits per heavy atom. The van der Waals surface area contributed by atoms with Gasteiger partial charge in [-0.2, -0.15) is 0 Å². The maximum Gasteiger partial charge on any atom is 0.211 e. The van der Waals surface area contributed by atoms with E-state index in [9.17, 15) is 2.74 Å². The zero-order chi connectivity index (χ0) is 21.9. The summed E-state index contributed by atoms with van der Waals surface area (Å²) < 4.78 is 78.5. The second kappa shape index (κ2) is 4.06. The molecule has 5 atom stereocenters. The van der Waals surface area contributed by atoms with E-state index in [4.69, 9.17) is 22.9 Å². The number of piperidine rings is 1. The summed E-state index contributed by atoms with van der Waals surface area (Å²) in [7, 11) is 1.36. The van der Waals surface area contributed by atoms with E-state index in [-0.39, 0.29) is 43.0 Å². The summed E-state index contributed by atoms with van der Waals surface area (Å²) in [6.07, 6.45) is 0.288. The summed E-state index contributed by atoms with van der Waals surface area (Å²) in [5.74, 6) is -0.534. The van der Waals surface area contributed by atoms with Crippen LogP contribution in [-0.2, 0) is 11.8 Å². The third-order valence-electron chi connectivity index (χ3n) is 5.42. The molecule has 1 N–H and O–H groups in total. The lowest BCUT2D eigenvalue weighted by molar-refractivity contribution is -0.0453. The predicted molar refractivity (Wildman–Crippen MR) is 82.5 cm³/mol. The molecular formula is C18H21NO3. The number of ether oxygens (including phenoxy) is 2. The van der Waals surface area contributed by atoms with Crippen molar-refractivity contribution in [2.75, 3.05) is 20.6 Å². The average molecular weight is 307 g/mol. The number of likely N-dealkylation sites (tertiary alicyclic amines) is 1. The molecule has 2 unspecified atom stereocenters. The number of hydrogen-bond donors (Lipinski definition) is 1. The van der Waals surface area contributed by atoms with Crippen LogP contribution in [0.5, 0.6) is 11.5 Å². The van der Waals surface area contributed by atoms with E-state index >= 15 is 0 Å². The van der Waals surface area contributed by atoms with Crippen LogP contribution in [-0.4, -0.2) is 50.3 Å². The standard InChI is InChI=1S/C18H21NO3/c1-19-8-7-18-11-4-5-13(20)17(18)22-16-14(21-2)6-3-10(15(16)18)9-12(11)19/h3-6,11-13,17,20H,7-9H2,1-2H3/t11-,12+,13?,17?,18-/m0/s1/i1D3,3D,6D,12D,17D,20D. The minimum atomic E-state index is -2.54. The molecule has 5 rings (SSSR count). The zero-order valence-electron chi connectivity index (χ0n) is 20.1. The summed E-state index contributed by atoms with van der Waals surface area (Å²) in [6, 6.07) is -2.06. The van der Waals surface area contributed by atoms with Crippen molar-refractivity contribution in [3.63, 3.8) is 0 Å². The molecule has 22 heavy (non-hydrogen) atoms. The molecular weight excluding hydrogens is 278 g/mol. The highest BCUT2D eigenvalue weighted by Crippen LogP contribution is 2.62. The normalized spacial score (nSPS) is 53.5. The number of rotatable bonds is 2. The highest BCUT2D eigenvalue weighted by molar-refractivity contribution is 5.62. The van der Waals surface area contributed by atoms with Gasteiger partial charge in [0.2, 0.25) is 1.43 Å². The van der Waals surface area contributed by atoms with Crippen molar-refractivity contribution in [1.82, 2.24) is 4.90 Å². The molecule has 2 bridgehead atoms. The number of methoxy groups -OCH3 is 1. The molecule has 0 saturated carbocycles. The Morgan fingerprint density at radius 3 is 3.36 bits per heavy atom. The fourth-order valence-corrected chi connectivity index (χ4v) is 4.54. The summed E-state index contributed by atoms with van der Waals surface area (Å²) in [6.45, 7) is -2.51. The van der Waals surface area contributed by atoms with Crippen LogP contribution in [0.25, 0.3) is 0 Å². The number of benzene rings is 1. The molecule has 116 valence electrons. The van der Waals surface area contributed by atoms with Crippen LogP contribution in [0.2, 0.25) is 0 Å². The topological polar surface area (TPSA) is 41.9 Å². The molecule has 0 radical (unpaired) electrons. The van der Waals surface area contributed by atoms with Crippen molar-refractivity contribution >= 4 is 0 Å². The van der Waals surface area contributed by atoms with Gasteiger partial charge in [-0.25, -0.2) is 0 Å².